The maximum atomic E-state index is 12.5. The van der Waals surface area contributed by atoms with Gasteiger partial charge in [0.15, 0.2) is 11.8 Å². The summed E-state index contributed by atoms with van der Waals surface area (Å²) in [5.74, 6) is -1.18. The Balaban J connectivity index is 1.73. The number of fused-ring (bicyclic) bond motifs is 1. The molecule has 1 heterocycles. The number of benzene rings is 2. The molecule has 0 aliphatic heterocycles. The summed E-state index contributed by atoms with van der Waals surface area (Å²) in [6.45, 7) is 1.82. The fraction of sp³-hybridized carbons (Fsp3) is 0.200. The zero-order chi connectivity index (χ0) is 19.4. The van der Waals surface area contributed by atoms with Gasteiger partial charge in [-0.15, -0.1) is 0 Å². The first kappa shape index (κ1) is 18.3. The Kier molecular flexibility index (Phi) is 5.30. The molecule has 138 valence electrons. The molecule has 1 unspecified atom stereocenters. The van der Waals surface area contributed by atoms with E-state index in [4.69, 9.17) is 4.74 Å². The van der Waals surface area contributed by atoms with Crippen LogP contribution in [0.3, 0.4) is 0 Å². The molecule has 0 spiro atoms. The SMILES string of the molecule is CC(OC(=O)c1nn(C)c(=O)c2ccccc12)C(=O)NCc1ccccc1. The summed E-state index contributed by atoms with van der Waals surface area (Å²) in [5.41, 5.74) is 0.626. The number of aryl methyl sites for hydroxylation is 1. The van der Waals surface area contributed by atoms with Crippen LogP contribution in [0.2, 0.25) is 0 Å². The fourth-order valence-electron chi connectivity index (χ4n) is 2.65. The Hall–Kier alpha value is -3.48. The summed E-state index contributed by atoms with van der Waals surface area (Å²) < 4.78 is 6.34. The highest BCUT2D eigenvalue weighted by Gasteiger charge is 2.22. The van der Waals surface area contributed by atoms with Crippen LogP contribution in [0.4, 0.5) is 0 Å². The average Bonchev–Trinajstić information content (AvgIpc) is 2.69. The van der Waals surface area contributed by atoms with Crippen molar-refractivity contribution in [2.45, 2.75) is 19.6 Å². The molecule has 0 saturated carbocycles. The van der Waals surface area contributed by atoms with Gasteiger partial charge >= 0.3 is 5.97 Å². The molecule has 0 bridgehead atoms. The molecular weight excluding hydrogens is 346 g/mol. The van der Waals surface area contributed by atoms with Gasteiger partial charge in [-0.1, -0.05) is 48.5 Å². The number of ether oxygens (including phenoxy) is 1. The summed E-state index contributed by atoms with van der Waals surface area (Å²) in [5, 5.41) is 7.48. The number of esters is 1. The van der Waals surface area contributed by atoms with E-state index in [2.05, 4.69) is 10.4 Å². The Morgan fingerprint density at radius 2 is 1.70 bits per heavy atom. The van der Waals surface area contributed by atoms with Crippen molar-refractivity contribution >= 4 is 22.6 Å². The maximum absolute atomic E-state index is 12.5. The smallest absolute Gasteiger partial charge is 0.360 e. The normalized spacial score (nSPS) is 11.8. The van der Waals surface area contributed by atoms with Crippen molar-refractivity contribution in [3.63, 3.8) is 0 Å². The third-order valence-electron chi connectivity index (χ3n) is 4.11. The zero-order valence-electron chi connectivity index (χ0n) is 15.0. The maximum Gasteiger partial charge on any atom is 0.360 e. The van der Waals surface area contributed by atoms with Gasteiger partial charge in [0, 0.05) is 19.0 Å². The van der Waals surface area contributed by atoms with Crippen LogP contribution < -0.4 is 10.9 Å². The van der Waals surface area contributed by atoms with Gasteiger partial charge < -0.3 is 10.1 Å². The van der Waals surface area contributed by atoms with Crippen LogP contribution >= 0.6 is 0 Å². The van der Waals surface area contributed by atoms with Crippen molar-refractivity contribution in [2.24, 2.45) is 7.05 Å². The molecule has 1 N–H and O–H groups in total. The first-order chi connectivity index (χ1) is 13.0. The number of carbonyl (C=O) groups excluding carboxylic acids is 2. The third-order valence-corrected chi connectivity index (χ3v) is 4.11. The van der Waals surface area contributed by atoms with E-state index in [0.717, 1.165) is 10.2 Å². The van der Waals surface area contributed by atoms with Crippen molar-refractivity contribution < 1.29 is 14.3 Å². The molecular formula is C20H19N3O4. The molecule has 0 radical (unpaired) electrons. The molecule has 7 heteroatoms. The van der Waals surface area contributed by atoms with E-state index < -0.39 is 18.0 Å². The molecule has 1 aromatic heterocycles. The first-order valence-electron chi connectivity index (χ1n) is 8.46. The Bertz CT molecular complexity index is 1040. The van der Waals surface area contributed by atoms with Crippen LogP contribution in [-0.2, 0) is 23.1 Å². The fourth-order valence-corrected chi connectivity index (χ4v) is 2.65. The van der Waals surface area contributed by atoms with Gasteiger partial charge in [-0.3, -0.25) is 9.59 Å². The lowest BCUT2D eigenvalue weighted by Crippen LogP contribution is -2.36. The molecule has 27 heavy (non-hydrogen) atoms. The predicted octanol–water partition coefficient (Wildman–Crippen LogP) is 1.80. The van der Waals surface area contributed by atoms with Gasteiger partial charge in [-0.2, -0.15) is 5.10 Å². The van der Waals surface area contributed by atoms with E-state index in [-0.39, 0.29) is 11.3 Å². The monoisotopic (exact) mass is 365 g/mol. The number of carbonyl (C=O) groups is 2. The van der Waals surface area contributed by atoms with Crippen molar-refractivity contribution in [1.29, 1.82) is 0 Å². The van der Waals surface area contributed by atoms with E-state index in [9.17, 15) is 14.4 Å². The van der Waals surface area contributed by atoms with Crippen LogP contribution in [0.5, 0.6) is 0 Å². The average molecular weight is 365 g/mol. The minimum atomic E-state index is -1.00. The summed E-state index contributed by atoms with van der Waals surface area (Å²) in [7, 11) is 1.46. The van der Waals surface area contributed by atoms with Crippen LogP contribution in [0.1, 0.15) is 23.0 Å². The van der Waals surface area contributed by atoms with E-state index in [0.29, 0.717) is 17.3 Å². The van der Waals surface area contributed by atoms with Crippen LogP contribution in [0.15, 0.2) is 59.4 Å². The molecule has 0 saturated heterocycles. The highest BCUT2D eigenvalue weighted by molar-refractivity contribution is 6.02. The number of hydrogen-bond acceptors (Lipinski definition) is 5. The molecule has 0 fully saturated rings. The summed E-state index contributed by atoms with van der Waals surface area (Å²) in [6.07, 6.45) is -1.00. The Morgan fingerprint density at radius 1 is 1.07 bits per heavy atom. The molecule has 7 nitrogen and oxygen atoms in total. The topological polar surface area (TPSA) is 90.3 Å². The number of nitrogens with one attached hydrogen (secondary N) is 1. The Labute approximate surface area is 155 Å². The van der Waals surface area contributed by atoms with Gasteiger partial charge in [0.1, 0.15) is 0 Å². The van der Waals surface area contributed by atoms with E-state index in [1.807, 2.05) is 30.3 Å². The second-order valence-corrected chi connectivity index (χ2v) is 6.07. The lowest BCUT2D eigenvalue weighted by atomic mass is 10.1. The molecule has 1 atom stereocenters. The number of hydrogen-bond donors (Lipinski definition) is 1. The minimum absolute atomic E-state index is 0.00425. The number of nitrogens with zero attached hydrogens (tertiary/aromatic N) is 2. The Morgan fingerprint density at radius 3 is 2.41 bits per heavy atom. The van der Waals surface area contributed by atoms with Gasteiger partial charge in [-0.05, 0) is 18.6 Å². The molecule has 0 aliphatic rings. The van der Waals surface area contributed by atoms with Crippen LogP contribution in [0.25, 0.3) is 10.8 Å². The summed E-state index contributed by atoms with van der Waals surface area (Å²) in [4.78, 5) is 36.9. The minimum Gasteiger partial charge on any atom is -0.448 e. The predicted molar refractivity (Wildman–Crippen MR) is 100 cm³/mol. The van der Waals surface area contributed by atoms with E-state index in [1.165, 1.54) is 14.0 Å². The van der Waals surface area contributed by atoms with E-state index >= 15 is 0 Å². The van der Waals surface area contributed by atoms with Crippen molar-refractivity contribution in [1.82, 2.24) is 15.1 Å². The number of rotatable bonds is 5. The second kappa shape index (κ2) is 7.82. The first-order valence-corrected chi connectivity index (χ1v) is 8.46. The van der Waals surface area contributed by atoms with Gasteiger partial charge in [0.05, 0.1) is 5.39 Å². The van der Waals surface area contributed by atoms with Crippen molar-refractivity contribution in [2.75, 3.05) is 0 Å². The standard InChI is InChI=1S/C20H19N3O4/c1-13(18(24)21-12-14-8-4-3-5-9-14)27-20(26)17-15-10-6-7-11-16(15)19(25)23(2)22-17/h3-11,13H,12H2,1-2H3,(H,21,24). The lowest BCUT2D eigenvalue weighted by molar-refractivity contribution is -0.129. The molecule has 3 rings (SSSR count). The number of amides is 1. The number of aromatic nitrogens is 2. The molecule has 0 aliphatic carbocycles. The quantitative estimate of drug-likeness (QED) is 0.696. The second-order valence-electron chi connectivity index (χ2n) is 6.07. The third kappa shape index (κ3) is 4.03. The highest BCUT2D eigenvalue weighted by atomic mass is 16.5. The van der Waals surface area contributed by atoms with E-state index in [1.54, 1.807) is 24.3 Å². The van der Waals surface area contributed by atoms with Crippen molar-refractivity contribution in [3.8, 4) is 0 Å². The zero-order valence-corrected chi connectivity index (χ0v) is 15.0. The summed E-state index contributed by atoms with van der Waals surface area (Å²) in [6, 6.07) is 16.1. The van der Waals surface area contributed by atoms with Gasteiger partial charge in [-0.25, -0.2) is 9.48 Å². The van der Waals surface area contributed by atoms with Gasteiger partial charge in [0.25, 0.3) is 11.5 Å². The highest BCUT2D eigenvalue weighted by Crippen LogP contribution is 2.14. The largest absolute Gasteiger partial charge is 0.448 e. The van der Waals surface area contributed by atoms with Crippen LogP contribution in [0, 0.1) is 0 Å². The summed E-state index contributed by atoms with van der Waals surface area (Å²) >= 11 is 0. The molecule has 3 aromatic rings. The van der Waals surface area contributed by atoms with Crippen LogP contribution in [-0.4, -0.2) is 27.8 Å². The molecule has 1 amide bonds. The lowest BCUT2D eigenvalue weighted by Gasteiger charge is -2.14. The van der Waals surface area contributed by atoms with Gasteiger partial charge in [0.2, 0.25) is 0 Å². The molecule has 2 aromatic carbocycles. The van der Waals surface area contributed by atoms with Crippen molar-refractivity contribution in [3.05, 3.63) is 76.2 Å².